The maximum absolute atomic E-state index is 4.74. The number of fused-ring (bicyclic) bond motifs is 1. The lowest BCUT2D eigenvalue weighted by molar-refractivity contribution is 0.411. The van der Waals surface area contributed by atoms with E-state index < -0.39 is 0 Å². The monoisotopic (exact) mass is 206 g/mol. The second kappa shape index (κ2) is 2.83. The van der Waals surface area contributed by atoms with Crippen LogP contribution in [0.5, 0.6) is 0 Å². The molecule has 1 fully saturated rings. The van der Waals surface area contributed by atoms with Crippen LogP contribution in [0, 0.1) is 13.8 Å². The van der Waals surface area contributed by atoms with Gasteiger partial charge in [0.25, 0.3) is 0 Å². The number of hydrogen-bond acceptors (Lipinski definition) is 2. The summed E-state index contributed by atoms with van der Waals surface area (Å²) in [5.41, 5.74) is 4.04. The summed E-state index contributed by atoms with van der Waals surface area (Å²) in [5.74, 6) is 0.751. The van der Waals surface area contributed by atoms with E-state index in [2.05, 4.69) is 23.6 Å². The summed E-state index contributed by atoms with van der Waals surface area (Å²) in [5, 5.41) is 2.18. The number of rotatable bonds is 1. The highest BCUT2D eigenvalue weighted by atomic mass is 32.1. The summed E-state index contributed by atoms with van der Waals surface area (Å²) in [6, 6.07) is 0. The van der Waals surface area contributed by atoms with Gasteiger partial charge >= 0.3 is 0 Å². The molecule has 0 atom stereocenters. The summed E-state index contributed by atoms with van der Waals surface area (Å²) >= 11 is 1.75. The molecule has 0 spiro atoms. The highest BCUT2D eigenvalue weighted by Gasteiger charge is 2.25. The lowest BCUT2D eigenvalue weighted by atomic mass is 9.82. The standard InChI is InChI=1S/C11H14N2S/c1-7-6-14-11-12-10(8(2)13(7)11)9-4-3-5-9/h6,9H,3-5H2,1-2H3. The number of aromatic nitrogens is 2. The van der Waals surface area contributed by atoms with Crippen molar-refractivity contribution in [3.63, 3.8) is 0 Å². The van der Waals surface area contributed by atoms with Crippen molar-refractivity contribution in [3.05, 3.63) is 22.5 Å². The number of thiazole rings is 1. The maximum atomic E-state index is 4.74. The SMILES string of the molecule is Cc1csc2nc(C3CCC3)c(C)n12. The predicted molar refractivity (Wildman–Crippen MR) is 59.1 cm³/mol. The first kappa shape index (κ1) is 8.48. The van der Waals surface area contributed by atoms with Gasteiger partial charge in [-0.25, -0.2) is 4.98 Å². The molecular formula is C11H14N2S. The van der Waals surface area contributed by atoms with E-state index >= 15 is 0 Å². The normalized spacial score (nSPS) is 17.6. The Hall–Kier alpha value is -0.830. The van der Waals surface area contributed by atoms with Crippen molar-refractivity contribution >= 4 is 16.3 Å². The summed E-state index contributed by atoms with van der Waals surface area (Å²) in [6.45, 7) is 4.36. The minimum atomic E-state index is 0.751. The van der Waals surface area contributed by atoms with Crippen LogP contribution in [0.25, 0.3) is 4.96 Å². The zero-order valence-electron chi connectivity index (χ0n) is 8.58. The van der Waals surface area contributed by atoms with Gasteiger partial charge in [0.1, 0.15) is 0 Å². The summed E-state index contributed by atoms with van der Waals surface area (Å²) < 4.78 is 2.29. The van der Waals surface area contributed by atoms with Crippen LogP contribution in [0.2, 0.25) is 0 Å². The van der Waals surface area contributed by atoms with Gasteiger partial charge in [-0.15, -0.1) is 11.3 Å². The molecule has 1 aliphatic rings. The quantitative estimate of drug-likeness (QED) is 0.700. The molecule has 74 valence electrons. The van der Waals surface area contributed by atoms with Crippen molar-refractivity contribution in [1.29, 1.82) is 0 Å². The predicted octanol–water partition coefficient (Wildman–Crippen LogP) is 3.28. The van der Waals surface area contributed by atoms with Gasteiger partial charge in [0.05, 0.1) is 5.69 Å². The molecule has 2 nitrogen and oxygen atoms in total. The molecule has 1 saturated carbocycles. The Bertz CT molecular complexity index is 477. The molecular weight excluding hydrogens is 192 g/mol. The molecule has 0 N–H and O–H groups in total. The van der Waals surface area contributed by atoms with Gasteiger partial charge in [-0.05, 0) is 26.7 Å². The van der Waals surface area contributed by atoms with E-state index in [9.17, 15) is 0 Å². The Morgan fingerprint density at radius 1 is 1.43 bits per heavy atom. The molecule has 0 aromatic carbocycles. The molecule has 1 aliphatic carbocycles. The van der Waals surface area contributed by atoms with Gasteiger partial charge in [-0.2, -0.15) is 0 Å². The largest absolute Gasteiger partial charge is 0.292 e. The lowest BCUT2D eigenvalue weighted by Gasteiger charge is -2.24. The van der Waals surface area contributed by atoms with E-state index in [-0.39, 0.29) is 0 Å². The number of hydrogen-bond donors (Lipinski definition) is 0. The lowest BCUT2D eigenvalue weighted by Crippen LogP contribution is -2.10. The smallest absolute Gasteiger partial charge is 0.194 e. The van der Waals surface area contributed by atoms with E-state index in [0.29, 0.717) is 0 Å². The van der Waals surface area contributed by atoms with Gasteiger partial charge in [0.2, 0.25) is 0 Å². The molecule has 2 aromatic heterocycles. The van der Waals surface area contributed by atoms with Crippen LogP contribution in [0.4, 0.5) is 0 Å². The van der Waals surface area contributed by atoms with Crippen LogP contribution in [0.3, 0.4) is 0 Å². The zero-order chi connectivity index (χ0) is 9.71. The highest BCUT2D eigenvalue weighted by molar-refractivity contribution is 7.15. The molecule has 0 bridgehead atoms. The molecule has 0 aliphatic heterocycles. The Morgan fingerprint density at radius 3 is 2.79 bits per heavy atom. The Kier molecular flexibility index (Phi) is 1.71. The van der Waals surface area contributed by atoms with Crippen LogP contribution in [0.15, 0.2) is 5.38 Å². The van der Waals surface area contributed by atoms with Crippen LogP contribution in [-0.2, 0) is 0 Å². The van der Waals surface area contributed by atoms with Crippen LogP contribution < -0.4 is 0 Å². The first-order valence-electron chi connectivity index (χ1n) is 5.20. The minimum absolute atomic E-state index is 0.751. The fraction of sp³-hybridized carbons (Fsp3) is 0.545. The van der Waals surface area contributed by atoms with E-state index in [1.165, 1.54) is 41.3 Å². The average Bonchev–Trinajstić information content (AvgIpc) is 2.55. The fourth-order valence-corrected chi connectivity index (χ4v) is 3.16. The van der Waals surface area contributed by atoms with E-state index in [1.54, 1.807) is 11.3 Å². The third kappa shape index (κ3) is 0.989. The van der Waals surface area contributed by atoms with E-state index in [4.69, 9.17) is 4.98 Å². The van der Waals surface area contributed by atoms with Gasteiger partial charge in [0, 0.05) is 22.7 Å². The van der Waals surface area contributed by atoms with Gasteiger partial charge in [-0.3, -0.25) is 4.40 Å². The Labute approximate surface area is 87.6 Å². The maximum Gasteiger partial charge on any atom is 0.194 e. The first-order chi connectivity index (χ1) is 6.77. The van der Waals surface area contributed by atoms with Crippen LogP contribution in [-0.4, -0.2) is 9.38 Å². The van der Waals surface area contributed by atoms with E-state index in [0.717, 1.165) is 5.92 Å². The first-order valence-corrected chi connectivity index (χ1v) is 6.08. The van der Waals surface area contributed by atoms with Crippen molar-refractivity contribution in [2.45, 2.75) is 39.0 Å². The molecule has 0 unspecified atom stereocenters. The van der Waals surface area contributed by atoms with Crippen molar-refractivity contribution < 1.29 is 0 Å². The van der Waals surface area contributed by atoms with Crippen LogP contribution >= 0.6 is 11.3 Å². The van der Waals surface area contributed by atoms with Crippen molar-refractivity contribution in [1.82, 2.24) is 9.38 Å². The third-order valence-electron chi connectivity index (χ3n) is 3.29. The Balaban J connectivity index is 2.20. The minimum Gasteiger partial charge on any atom is -0.292 e. The topological polar surface area (TPSA) is 17.3 Å². The Morgan fingerprint density at radius 2 is 2.21 bits per heavy atom. The zero-order valence-corrected chi connectivity index (χ0v) is 9.40. The second-order valence-electron chi connectivity index (χ2n) is 4.21. The van der Waals surface area contributed by atoms with Gasteiger partial charge in [-0.1, -0.05) is 6.42 Å². The average molecular weight is 206 g/mol. The molecule has 2 aromatic rings. The van der Waals surface area contributed by atoms with Crippen molar-refractivity contribution in [2.24, 2.45) is 0 Å². The van der Waals surface area contributed by atoms with Crippen LogP contribution in [0.1, 0.15) is 42.3 Å². The van der Waals surface area contributed by atoms with Gasteiger partial charge in [0.15, 0.2) is 4.96 Å². The third-order valence-corrected chi connectivity index (χ3v) is 4.24. The van der Waals surface area contributed by atoms with E-state index in [1.807, 2.05) is 0 Å². The number of nitrogens with zero attached hydrogens (tertiary/aromatic N) is 2. The fourth-order valence-electron chi connectivity index (χ4n) is 2.25. The molecule has 0 radical (unpaired) electrons. The molecule has 2 heterocycles. The number of aryl methyl sites for hydroxylation is 2. The summed E-state index contributed by atoms with van der Waals surface area (Å²) in [6.07, 6.45) is 4.06. The van der Waals surface area contributed by atoms with Gasteiger partial charge < -0.3 is 0 Å². The molecule has 0 saturated heterocycles. The van der Waals surface area contributed by atoms with Crippen molar-refractivity contribution in [3.8, 4) is 0 Å². The molecule has 14 heavy (non-hydrogen) atoms. The number of imidazole rings is 1. The summed E-state index contributed by atoms with van der Waals surface area (Å²) in [7, 11) is 0. The highest BCUT2D eigenvalue weighted by Crippen LogP contribution is 2.38. The molecule has 0 amide bonds. The second-order valence-corrected chi connectivity index (χ2v) is 5.04. The van der Waals surface area contributed by atoms with Crippen molar-refractivity contribution in [2.75, 3.05) is 0 Å². The summed E-state index contributed by atoms with van der Waals surface area (Å²) in [4.78, 5) is 5.90. The molecule has 3 rings (SSSR count). The molecule has 3 heteroatoms.